The van der Waals surface area contributed by atoms with Gasteiger partial charge in [-0.15, -0.1) is 0 Å². The van der Waals surface area contributed by atoms with Crippen LogP contribution in [0.25, 0.3) is 5.14 Å². The van der Waals surface area contributed by atoms with Crippen molar-refractivity contribution in [1.29, 1.82) is 0 Å². The zero-order valence-electron chi connectivity index (χ0n) is 9.32. The van der Waals surface area contributed by atoms with E-state index in [9.17, 15) is 8.42 Å². The third-order valence-electron chi connectivity index (χ3n) is 2.37. The number of rotatable bonds is 3. The van der Waals surface area contributed by atoms with Crippen LogP contribution in [0.1, 0.15) is 31.7 Å². The fraction of sp³-hybridized carbons (Fsp3) is 0.400. The van der Waals surface area contributed by atoms with Gasteiger partial charge in [0.05, 0.1) is 10.0 Å². The van der Waals surface area contributed by atoms with Crippen molar-refractivity contribution in [3.63, 3.8) is 0 Å². The second-order valence-corrected chi connectivity index (χ2v) is 4.86. The molecule has 0 bridgehead atoms. The van der Waals surface area contributed by atoms with Gasteiger partial charge in [0.2, 0.25) is 0 Å². The second-order valence-electron chi connectivity index (χ2n) is 3.38. The summed E-state index contributed by atoms with van der Waals surface area (Å²) in [7, 11) is -3.80. The molecule has 1 aromatic carbocycles. The van der Waals surface area contributed by atoms with E-state index in [-0.39, 0.29) is 56.3 Å². The molecule has 3 nitrogen and oxygen atoms in total. The molecular weight excluding hydrogens is 237 g/mol. The summed E-state index contributed by atoms with van der Waals surface area (Å²) < 4.78 is 21.7. The molecule has 1 atom stereocenters. The van der Waals surface area contributed by atoms with Crippen LogP contribution in [0.3, 0.4) is 0 Å². The molecule has 0 spiro atoms. The molecule has 0 aliphatic rings. The van der Waals surface area contributed by atoms with E-state index in [4.69, 9.17) is 5.14 Å². The van der Waals surface area contributed by atoms with Gasteiger partial charge in [-0.25, -0.2) is 8.42 Å². The first kappa shape index (κ1) is 15.8. The average molecular weight is 251 g/mol. The summed E-state index contributed by atoms with van der Waals surface area (Å²) in [6.45, 7) is 4.17. The van der Waals surface area contributed by atoms with Crippen LogP contribution in [-0.2, 0) is 10.0 Å². The zero-order chi connectivity index (χ0) is 10.8. The van der Waals surface area contributed by atoms with E-state index in [0.717, 1.165) is 12.0 Å². The number of hydrogen-bond donors (Lipinski definition) is 0. The molecule has 0 aromatic heterocycles. The van der Waals surface area contributed by atoms with Crippen LogP contribution in [0, 0.1) is 0 Å². The van der Waals surface area contributed by atoms with Crippen LogP contribution in [0.2, 0.25) is 0 Å². The van der Waals surface area contributed by atoms with Gasteiger partial charge in [-0.3, -0.25) is 0 Å². The Kier molecular flexibility index (Phi) is 6.82. The summed E-state index contributed by atoms with van der Waals surface area (Å²) in [4.78, 5) is 0.0598. The zero-order valence-corrected chi connectivity index (χ0v) is 13.3. The van der Waals surface area contributed by atoms with Crippen molar-refractivity contribution in [2.24, 2.45) is 0 Å². The maximum Gasteiger partial charge on any atom is 1.00 e. The van der Waals surface area contributed by atoms with Crippen LogP contribution >= 0.6 is 0 Å². The molecule has 1 N–H and O–H groups in total. The van der Waals surface area contributed by atoms with Crippen molar-refractivity contribution < 1.29 is 59.8 Å². The van der Waals surface area contributed by atoms with Gasteiger partial charge in [-0.05, 0) is 30.0 Å². The molecule has 0 aliphatic carbocycles. The van der Waals surface area contributed by atoms with Crippen LogP contribution in [0.5, 0.6) is 0 Å². The van der Waals surface area contributed by atoms with E-state index in [1.807, 2.05) is 0 Å². The van der Waals surface area contributed by atoms with Crippen molar-refractivity contribution >= 4 is 10.0 Å². The van der Waals surface area contributed by atoms with E-state index >= 15 is 0 Å². The van der Waals surface area contributed by atoms with Crippen LogP contribution in [-0.4, -0.2) is 8.42 Å². The summed E-state index contributed by atoms with van der Waals surface area (Å²) >= 11 is 0. The van der Waals surface area contributed by atoms with E-state index < -0.39 is 10.0 Å². The van der Waals surface area contributed by atoms with Crippen LogP contribution in [0.4, 0.5) is 0 Å². The predicted molar refractivity (Wildman–Crippen MR) is 56.7 cm³/mol. The van der Waals surface area contributed by atoms with Gasteiger partial charge in [0.25, 0.3) is 0 Å². The summed E-state index contributed by atoms with van der Waals surface area (Å²) in [5, 5.41) is 6.87. The largest absolute Gasteiger partial charge is 1.00 e. The van der Waals surface area contributed by atoms with Crippen molar-refractivity contribution in [2.45, 2.75) is 31.1 Å². The van der Waals surface area contributed by atoms with Gasteiger partial charge >= 0.3 is 51.4 Å². The molecule has 15 heavy (non-hydrogen) atoms. The van der Waals surface area contributed by atoms with Gasteiger partial charge in [0, 0.05) is 4.90 Å². The Morgan fingerprint density at radius 1 is 1.27 bits per heavy atom. The minimum atomic E-state index is -3.80. The Morgan fingerprint density at radius 3 is 2.07 bits per heavy atom. The molecule has 0 aliphatic heterocycles. The third-order valence-corrected chi connectivity index (χ3v) is 3.26. The number of sulfonamides is 1. The van der Waals surface area contributed by atoms with E-state index in [2.05, 4.69) is 13.8 Å². The molecule has 1 aromatic rings. The molecular formula is C10H14KNO2S. The molecule has 5 heteroatoms. The number of nitrogens with one attached hydrogen (secondary N) is 1. The number of benzene rings is 1. The maximum atomic E-state index is 10.9. The van der Waals surface area contributed by atoms with Crippen molar-refractivity contribution in [1.82, 2.24) is 0 Å². The van der Waals surface area contributed by atoms with Crippen molar-refractivity contribution in [3.05, 3.63) is 35.0 Å². The number of hydrogen-bond acceptors (Lipinski definition) is 2. The molecule has 0 saturated heterocycles. The molecule has 0 fully saturated rings. The quantitative estimate of drug-likeness (QED) is 0.707. The van der Waals surface area contributed by atoms with E-state index in [1.165, 1.54) is 12.1 Å². The molecule has 0 amide bonds. The van der Waals surface area contributed by atoms with Crippen LogP contribution in [0.15, 0.2) is 29.2 Å². The SMILES string of the molecule is CCC(C)c1ccc(S([NH-])(=O)=O)cc1.[K+]. The minimum absolute atomic E-state index is 0. The molecule has 0 heterocycles. The monoisotopic (exact) mass is 251 g/mol. The van der Waals surface area contributed by atoms with Gasteiger partial charge in [-0.2, -0.15) is 0 Å². The Balaban J connectivity index is 0.00000196. The first-order chi connectivity index (χ1) is 6.45. The van der Waals surface area contributed by atoms with Gasteiger partial charge in [-0.1, -0.05) is 26.0 Å². The van der Waals surface area contributed by atoms with E-state index in [1.54, 1.807) is 12.1 Å². The van der Waals surface area contributed by atoms with Crippen LogP contribution < -0.4 is 51.4 Å². The Hall–Kier alpha value is 0.766. The first-order valence-corrected chi connectivity index (χ1v) is 6.03. The summed E-state index contributed by atoms with van der Waals surface area (Å²) in [5.74, 6) is 0.428. The second kappa shape index (κ2) is 6.49. The van der Waals surface area contributed by atoms with Gasteiger partial charge < -0.3 is 5.14 Å². The van der Waals surface area contributed by atoms with Gasteiger partial charge in [0.1, 0.15) is 0 Å². The first-order valence-electron chi connectivity index (χ1n) is 4.54. The Bertz CT molecular complexity index is 400. The minimum Gasteiger partial charge on any atom is -0.560 e. The van der Waals surface area contributed by atoms with Gasteiger partial charge in [0.15, 0.2) is 0 Å². The molecule has 78 valence electrons. The standard InChI is InChI=1S/C10H14NO2S.K/c1-3-8(2)9-4-6-10(7-5-9)14(11,12)13;/h4-8H,3H2,1-2H3,(H-,11,12,13);/q-1;+1. The third kappa shape index (κ3) is 4.64. The molecule has 0 saturated carbocycles. The normalized spacial score (nSPS) is 13.0. The van der Waals surface area contributed by atoms with E-state index in [0.29, 0.717) is 5.92 Å². The smallest absolute Gasteiger partial charge is 0.560 e. The topological polar surface area (TPSA) is 57.9 Å². The van der Waals surface area contributed by atoms with Crippen molar-refractivity contribution in [2.75, 3.05) is 0 Å². The maximum absolute atomic E-state index is 10.9. The van der Waals surface area contributed by atoms with Crippen molar-refractivity contribution in [3.8, 4) is 0 Å². The molecule has 0 radical (unpaired) electrons. The average Bonchev–Trinajstić information content (AvgIpc) is 2.15. The summed E-state index contributed by atoms with van der Waals surface area (Å²) in [6.07, 6.45) is 1.02. The summed E-state index contributed by atoms with van der Waals surface area (Å²) in [6, 6.07) is 6.53. The Labute approximate surface area is 134 Å². The molecule has 1 unspecified atom stereocenters. The fourth-order valence-electron chi connectivity index (χ4n) is 1.21. The fourth-order valence-corrected chi connectivity index (χ4v) is 1.71. The Morgan fingerprint density at radius 2 is 1.73 bits per heavy atom. The summed E-state index contributed by atoms with van der Waals surface area (Å²) in [5.41, 5.74) is 1.11. The molecule has 1 rings (SSSR count). The predicted octanol–water partition coefficient (Wildman–Crippen LogP) is -0.0550.